The predicted molar refractivity (Wildman–Crippen MR) is 57.3 cm³/mol. The molecule has 2 nitrogen and oxygen atoms in total. The molecule has 1 atom stereocenters. The summed E-state index contributed by atoms with van der Waals surface area (Å²) in [4.78, 5) is 0. The molecule has 0 bridgehead atoms. The zero-order valence-electron chi connectivity index (χ0n) is 8.44. The lowest BCUT2D eigenvalue weighted by Gasteiger charge is -2.23. The van der Waals surface area contributed by atoms with Gasteiger partial charge in [0.2, 0.25) is 0 Å². The maximum absolute atomic E-state index is 11.8. The highest BCUT2D eigenvalue weighted by Gasteiger charge is 2.24. The molecule has 1 heterocycles. The average Bonchev–Trinajstić information content (AvgIpc) is 2.23. The van der Waals surface area contributed by atoms with Gasteiger partial charge in [-0.25, -0.2) is 4.74 Å². The Morgan fingerprint density at radius 3 is 2.71 bits per heavy atom. The van der Waals surface area contributed by atoms with Crippen LogP contribution in [0.15, 0.2) is 30.3 Å². The maximum atomic E-state index is 11.8. The number of hydrogen-bond acceptors (Lipinski definition) is 1. The molecule has 2 rings (SSSR count). The SMILES string of the molecule is CC1=[N+]([O-])C(c2ccccc2)CCC1. The van der Waals surface area contributed by atoms with Crippen molar-refractivity contribution in [3.63, 3.8) is 0 Å². The van der Waals surface area contributed by atoms with Gasteiger partial charge in [-0.2, -0.15) is 0 Å². The zero-order chi connectivity index (χ0) is 9.97. The van der Waals surface area contributed by atoms with Crippen LogP contribution in [-0.4, -0.2) is 10.5 Å². The molecule has 1 aliphatic rings. The van der Waals surface area contributed by atoms with Gasteiger partial charge >= 0.3 is 0 Å². The lowest BCUT2D eigenvalue weighted by molar-refractivity contribution is -0.515. The molecule has 0 radical (unpaired) electrons. The molecule has 0 N–H and O–H groups in total. The van der Waals surface area contributed by atoms with Gasteiger partial charge in [-0.1, -0.05) is 30.3 Å². The first-order valence-corrected chi connectivity index (χ1v) is 5.13. The van der Waals surface area contributed by atoms with Crippen molar-refractivity contribution in [3.8, 4) is 0 Å². The highest BCUT2D eigenvalue weighted by molar-refractivity contribution is 5.77. The summed E-state index contributed by atoms with van der Waals surface area (Å²) < 4.78 is 1.18. The van der Waals surface area contributed by atoms with Crippen LogP contribution in [0.4, 0.5) is 0 Å². The van der Waals surface area contributed by atoms with E-state index in [4.69, 9.17) is 0 Å². The topological polar surface area (TPSA) is 26.1 Å². The summed E-state index contributed by atoms with van der Waals surface area (Å²) in [6.07, 6.45) is 3.06. The van der Waals surface area contributed by atoms with Crippen molar-refractivity contribution in [1.82, 2.24) is 0 Å². The van der Waals surface area contributed by atoms with Crippen molar-refractivity contribution in [1.29, 1.82) is 0 Å². The van der Waals surface area contributed by atoms with Crippen LogP contribution in [-0.2, 0) is 0 Å². The highest BCUT2D eigenvalue weighted by Crippen LogP contribution is 2.26. The van der Waals surface area contributed by atoms with Gasteiger partial charge in [-0.05, 0) is 6.42 Å². The molecule has 1 aromatic rings. The van der Waals surface area contributed by atoms with Crippen LogP contribution in [0.3, 0.4) is 0 Å². The second-order valence-electron chi connectivity index (χ2n) is 3.88. The normalized spacial score (nSPS) is 22.5. The third-order valence-electron chi connectivity index (χ3n) is 2.86. The second-order valence-corrected chi connectivity index (χ2v) is 3.88. The average molecular weight is 189 g/mol. The molecule has 1 aliphatic heterocycles. The minimum atomic E-state index is 0.0462. The van der Waals surface area contributed by atoms with E-state index in [2.05, 4.69) is 0 Å². The summed E-state index contributed by atoms with van der Waals surface area (Å²) in [5.74, 6) is 0. The number of nitrogens with zero attached hydrogens (tertiary/aromatic N) is 1. The van der Waals surface area contributed by atoms with Gasteiger partial charge in [0.15, 0.2) is 11.8 Å². The predicted octanol–water partition coefficient (Wildman–Crippen LogP) is 2.88. The quantitative estimate of drug-likeness (QED) is 0.492. The standard InChI is InChI=1S/C12H15NO/c1-10-6-5-9-12(13(10)14)11-7-3-2-4-8-11/h2-4,7-8,12H,5-6,9H2,1H3. The molecule has 0 fully saturated rings. The molecule has 0 saturated heterocycles. The molecule has 0 aliphatic carbocycles. The molecule has 0 amide bonds. The van der Waals surface area contributed by atoms with Crippen LogP contribution in [0, 0.1) is 5.21 Å². The largest absolute Gasteiger partial charge is 0.623 e. The van der Waals surface area contributed by atoms with Crippen LogP contribution in [0.1, 0.15) is 37.8 Å². The summed E-state index contributed by atoms with van der Waals surface area (Å²) in [5.41, 5.74) is 2.10. The van der Waals surface area contributed by atoms with Gasteiger partial charge < -0.3 is 5.21 Å². The third kappa shape index (κ3) is 1.65. The molecule has 0 aromatic heterocycles. The molecule has 0 spiro atoms. The Labute approximate surface area is 84.5 Å². The van der Waals surface area contributed by atoms with Gasteiger partial charge in [-0.3, -0.25) is 0 Å². The van der Waals surface area contributed by atoms with E-state index in [1.54, 1.807) is 0 Å². The first kappa shape index (κ1) is 9.25. The summed E-state index contributed by atoms with van der Waals surface area (Å²) >= 11 is 0. The van der Waals surface area contributed by atoms with E-state index >= 15 is 0 Å². The number of rotatable bonds is 1. The first-order valence-electron chi connectivity index (χ1n) is 5.13. The number of benzene rings is 1. The van der Waals surface area contributed by atoms with Gasteiger partial charge in [0.1, 0.15) is 0 Å². The van der Waals surface area contributed by atoms with Crippen LogP contribution >= 0.6 is 0 Å². The minimum Gasteiger partial charge on any atom is -0.623 e. The monoisotopic (exact) mass is 189 g/mol. The third-order valence-corrected chi connectivity index (χ3v) is 2.86. The molecule has 1 unspecified atom stereocenters. The second kappa shape index (κ2) is 3.82. The van der Waals surface area contributed by atoms with E-state index in [0.29, 0.717) is 0 Å². The zero-order valence-corrected chi connectivity index (χ0v) is 8.44. The summed E-state index contributed by atoms with van der Waals surface area (Å²) in [6.45, 7) is 1.93. The minimum absolute atomic E-state index is 0.0462. The summed E-state index contributed by atoms with van der Waals surface area (Å²) in [5, 5.41) is 11.8. The lowest BCUT2D eigenvalue weighted by atomic mass is 9.97. The fourth-order valence-electron chi connectivity index (χ4n) is 2.02. The van der Waals surface area contributed by atoms with E-state index in [-0.39, 0.29) is 6.04 Å². The van der Waals surface area contributed by atoms with Crippen molar-refractivity contribution in [2.45, 2.75) is 32.2 Å². The molecule has 74 valence electrons. The molecule has 14 heavy (non-hydrogen) atoms. The summed E-state index contributed by atoms with van der Waals surface area (Å²) in [6, 6.07) is 10.1. The van der Waals surface area contributed by atoms with Crippen LogP contribution < -0.4 is 0 Å². The van der Waals surface area contributed by atoms with Crippen molar-refractivity contribution in [2.24, 2.45) is 0 Å². The first-order chi connectivity index (χ1) is 6.79. The molecular weight excluding hydrogens is 174 g/mol. The van der Waals surface area contributed by atoms with E-state index in [9.17, 15) is 5.21 Å². The van der Waals surface area contributed by atoms with Crippen molar-refractivity contribution in [3.05, 3.63) is 41.1 Å². The van der Waals surface area contributed by atoms with E-state index in [1.165, 1.54) is 4.74 Å². The number of hydrogen-bond donors (Lipinski definition) is 0. The van der Waals surface area contributed by atoms with Crippen molar-refractivity contribution >= 4 is 5.71 Å². The molecule has 0 saturated carbocycles. The van der Waals surface area contributed by atoms with Crippen molar-refractivity contribution < 1.29 is 4.74 Å². The Hall–Kier alpha value is -1.31. The molecular formula is C12H15NO. The van der Waals surface area contributed by atoms with Gasteiger partial charge in [-0.15, -0.1) is 0 Å². The fraction of sp³-hybridized carbons (Fsp3) is 0.417. The smallest absolute Gasteiger partial charge is 0.188 e. The highest BCUT2D eigenvalue weighted by atomic mass is 16.5. The Morgan fingerprint density at radius 2 is 2.00 bits per heavy atom. The number of hydroxylamine groups is 1. The van der Waals surface area contributed by atoms with Crippen LogP contribution in [0.2, 0.25) is 0 Å². The fourth-order valence-corrected chi connectivity index (χ4v) is 2.02. The molecule has 2 heteroatoms. The Bertz CT molecular complexity index is 343. The van der Waals surface area contributed by atoms with Gasteiger partial charge in [0, 0.05) is 25.3 Å². The van der Waals surface area contributed by atoms with Gasteiger partial charge in [0.25, 0.3) is 0 Å². The van der Waals surface area contributed by atoms with E-state index in [0.717, 1.165) is 30.5 Å². The molecule has 1 aromatic carbocycles. The van der Waals surface area contributed by atoms with Gasteiger partial charge in [0.05, 0.1) is 0 Å². The lowest BCUT2D eigenvalue weighted by Crippen LogP contribution is -2.23. The van der Waals surface area contributed by atoms with Crippen molar-refractivity contribution in [2.75, 3.05) is 0 Å². The Balaban J connectivity index is 2.32. The Morgan fingerprint density at radius 1 is 1.29 bits per heavy atom. The Kier molecular flexibility index (Phi) is 2.53. The van der Waals surface area contributed by atoms with E-state index < -0.39 is 0 Å². The summed E-state index contributed by atoms with van der Waals surface area (Å²) in [7, 11) is 0. The van der Waals surface area contributed by atoms with Crippen LogP contribution in [0.5, 0.6) is 0 Å². The van der Waals surface area contributed by atoms with E-state index in [1.807, 2.05) is 37.3 Å². The maximum Gasteiger partial charge on any atom is 0.188 e. The van der Waals surface area contributed by atoms with Crippen LogP contribution in [0.25, 0.3) is 0 Å².